The molecule has 202 valence electrons. The Morgan fingerprint density at radius 1 is 1.05 bits per heavy atom. The molecule has 0 atom stereocenters. The fraction of sp³-hybridized carbons (Fsp3) is 0.290. The number of urea groups is 1. The molecule has 0 radical (unpaired) electrons. The van der Waals surface area contributed by atoms with Gasteiger partial charge in [-0.2, -0.15) is 0 Å². The van der Waals surface area contributed by atoms with Crippen LogP contribution in [0.2, 0.25) is 0 Å². The summed E-state index contributed by atoms with van der Waals surface area (Å²) in [7, 11) is 1.70. The van der Waals surface area contributed by atoms with E-state index >= 15 is 0 Å². The molecule has 2 aromatic heterocycles. The number of benzene rings is 2. The van der Waals surface area contributed by atoms with Gasteiger partial charge >= 0.3 is 6.03 Å². The number of anilines is 1. The molecule has 1 aliphatic heterocycles. The summed E-state index contributed by atoms with van der Waals surface area (Å²) in [4.78, 5) is 18.9. The molecule has 0 aliphatic carbocycles. The number of aryl methyl sites for hydroxylation is 1. The van der Waals surface area contributed by atoms with Crippen molar-refractivity contribution in [2.75, 3.05) is 45.3 Å². The van der Waals surface area contributed by atoms with Gasteiger partial charge < -0.3 is 24.7 Å². The Morgan fingerprint density at radius 3 is 2.67 bits per heavy atom. The lowest BCUT2D eigenvalue weighted by molar-refractivity contribution is 0.0375. The summed E-state index contributed by atoms with van der Waals surface area (Å²) in [5, 5.41) is 5.76. The van der Waals surface area contributed by atoms with Crippen LogP contribution in [0.4, 0.5) is 10.5 Å². The van der Waals surface area contributed by atoms with Gasteiger partial charge in [0.2, 0.25) is 0 Å². The topological polar surface area (TPSA) is 80.7 Å². The summed E-state index contributed by atoms with van der Waals surface area (Å²) in [6.07, 6.45) is 9.91. The van der Waals surface area contributed by atoms with Gasteiger partial charge in [0.1, 0.15) is 5.75 Å². The highest BCUT2D eigenvalue weighted by Gasteiger charge is 2.14. The van der Waals surface area contributed by atoms with Crippen molar-refractivity contribution in [2.45, 2.75) is 19.4 Å². The third-order valence-electron chi connectivity index (χ3n) is 6.91. The summed E-state index contributed by atoms with van der Waals surface area (Å²) >= 11 is 0. The molecule has 0 saturated carbocycles. The SMILES string of the molecule is COc1cccc(-c2cn(-c3ccc(NC(=O)NCc4cccnc4)cc3)cc2CCCN2CCOCC2)c1. The molecule has 5 rings (SSSR count). The van der Waals surface area contributed by atoms with Crippen molar-refractivity contribution >= 4 is 11.7 Å². The third-order valence-corrected chi connectivity index (χ3v) is 6.91. The largest absolute Gasteiger partial charge is 0.497 e. The number of carbonyl (C=O) groups excluding carboxylic acids is 1. The highest BCUT2D eigenvalue weighted by atomic mass is 16.5. The lowest BCUT2D eigenvalue weighted by atomic mass is 10.0. The zero-order valence-electron chi connectivity index (χ0n) is 22.3. The average Bonchev–Trinajstić information content (AvgIpc) is 3.42. The van der Waals surface area contributed by atoms with E-state index in [1.54, 1.807) is 19.5 Å². The van der Waals surface area contributed by atoms with Gasteiger partial charge in [0.15, 0.2) is 0 Å². The summed E-state index contributed by atoms with van der Waals surface area (Å²) < 4.78 is 13.1. The molecule has 8 heteroatoms. The van der Waals surface area contributed by atoms with E-state index in [-0.39, 0.29) is 6.03 Å². The van der Waals surface area contributed by atoms with Crippen molar-refractivity contribution in [3.05, 3.63) is 96.6 Å². The quantitative estimate of drug-likeness (QED) is 0.300. The monoisotopic (exact) mass is 525 g/mol. The molecule has 0 spiro atoms. The maximum atomic E-state index is 12.3. The van der Waals surface area contributed by atoms with Gasteiger partial charge in [-0.3, -0.25) is 9.88 Å². The van der Waals surface area contributed by atoms with E-state index in [4.69, 9.17) is 9.47 Å². The molecule has 3 heterocycles. The van der Waals surface area contributed by atoms with E-state index in [0.29, 0.717) is 6.54 Å². The van der Waals surface area contributed by atoms with Crippen LogP contribution in [0, 0.1) is 0 Å². The van der Waals surface area contributed by atoms with Crippen molar-refractivity contribution in [2.24, 2.45) is 0 Å². The maximum absolute atomic E-state index is 12.3. The number of aromatic nitrogens is 2. The van der Waals surface area contributed by atoms with Gasteiger partial charge in [-0.25, -0.2) is 4.79 Å². The summed E-state index contributed by atoms with van der Waals surface area (Å²) in [6, 6.07) is 19.6. The Labute approximate surface area is 229 Å². The molecule has 0 bridgehead atoms. The first-order valence-corrected chi connectivity index (χ1v) is 13.4. The number of pyridine rings is 1. The normalized spacial score (nSPS) is 13.7. The minimum absolute atomic E-state index is 0.254. The van der Waals surface area contributed by atoms with Gasteiger partial charge in [-0.05, 0) is 78.5 Å². The minimum Gasteiger partial charge on any atom is -0.497 e. The fourth-order valence-corrected chi connectivity index (χ4v) is 4.79. The van der Waals surface area contributed by atoms with Gasteiger partial charge in [-0.1, -0.05) is 18.2 Å². The minimum atomic E-state index is -0.254. The standard InChI is InChI=1S/C31H35N5O3/c1-38-29-8-2-6-25(19-29)30-23-36(22-26(30)7-4-14-35-15-17-39-18-16-35)28-11-9-27(10-12-28)34-31(37)33-21-24-5-3-13-32-20-24/h2-3,5-6,8-13,19-20,22-23H,4,7,14-18,21H2,1H3,(H2,33,34,37). The molecule has 2 N–H and O–H groups in total. The van der Waals surface area contributed by atoms with E-state index in [2.05, 4.69) is 49.6 Å². The molecule has 39 heavy (non-hydrogen) atoms. The van der Waals surface area contributed by atoms with E-state index in [0.717, 1.165) is 73.9 Å². The first-order chi connectivity index (χ1) is 19.2. The molecular formula is C31H35N5O3. The average molecular weight is 526 g/mol. The van der Waals surface area contributed by atoms with Crippen LogP contribution in [-0.4, -0.2) is 60.4 Å². The number of morpholine rings is 1. The van der Waals surface area contributed by atoms with Crippen molar-refractivity contribution in [1.82, 2.24) is 19.8 Å². The molecule has 1 fully saturated rings. The Balaban J connectivity index is 1.28. The second-order valence-electron chi connectivity index (χ2n) is 9.61. The van der Waals surface area contributed by atoms with E-state index in [1.807, 2.05) is 48.5 Å². The number of ether oxygens (including phenoxy) is 2. The predicted molar refractivity (Wildman–Crippen MR) is 153 cm³/mol. The number of hydrogen-bond acceptors (Lipinski definition) is 5. The number of rotatable bonds is 10. The van der Waals surface area contributed by atoms with E-state index < -0.39 is 0 Å². The van der Waals surface area contributed by atoms with Crippen molar-refractivity contribution in [3.8, 4) is 22.6 Å². The number of hydrogen-bond donors (Lipinski definition) is 2. The zero-order chi connectivity index (χ0) is 26.9. The van der Waals surface area contributed by atoms with Crippen LogP contribution in [-0.2, 0) is 17.7 Å². The predicted octanol–water partition coefficient (Wildman–Crippen LogP) is 5.13. The van der Waals surface area contributed by atoms with Crippen molar-refractivity contribution < 1.29 is 14.3 Å². The van der Waals surface area contributed by atoms with Crippen molar-refractivity contribution in [1.29, 1.82) is 0 Å². The van der Waals surface area contributed by atoms with Crippen LogP contribution in [0.1, 0.15) is 17.5 Å². The number of methoxy groups -OCH3 is 1. The maximum Gasteiger partial charge on any atom is 0.319 e. The first kappa shape index (κ1) is 26.5. The van der Waals surface area contributed by atoms with Crippen LogP contribution in [0.5, 0.6) is 5.75 Å². The fourth-order valence-electron chi connectivity index (χ4n) is 4.79. The zero-order valence-corrected chi connectivity index (χ0v) is 22.3. The molecule has 1 saturated heterocycles. The summed E-state index contributed by atoms with van der Waals surface area (Å²) in [5.41, 5.74) is 6.34. The molecule has 2 aromatic carbocycles. The summed E-state index contributed by atoms with van der Waals surface area (Å²) in [6.45, 7) is 5.14. The number of nitrogens with one attached hydrogen (secondary N) is 2. The highest BCUT2D eigenvalue weighted by Crippen LogP contribution is 2.30. The number of nitrogens with zero attached hydrogens (tertiary/aromatic N) is 3. The van der Waals surface area contributed by atoms with E-state index in [1.165, 1.54) is 11.1 Å². The Morgan fingerprint density at radius 2 is 1.90 bits per heavy atom. The molecular weight excluding hydrogens is 490 g/mol. The van der Waals surface area contributed by atoms with Gasteiger partial charge in [0, 0.05) is 61.4 Å². The summed E-state index contributed by atoms with van der Waals surface area (Å²) in [5.74, 6) is 0.844. The Kier molecular flexibility index (Phi) is 8.88. The Hall–Kier alpha value is -4.14. The highest BCUT2D eigenvalue weighted by molar-refractivity contribution is 5.89. The molecule has 8 nitrogen and oxygen atoms in total. The lowest BCUT2D eigenvalue weighted by Gasteiger charge is -2.26. The number of carbonyl (C=O) groups is 1. The van der Waals surface area contributed by atoms with Crippen LogP contribution >= 0.6 is 0 Å². The molecule has 4 aromatic rings. The van der Waals surface area contributed by atoms with E-state index in [9.17, 15) is 4.79 Å². The Bertz CT molecular complexity index is 1350. The molecule has 2 amide bonds. The number of amides is 2. The van der Waals surface area contributed by atoms with Crippen LogP contribution in [0.25, 0.3) is 16.8 Å². The smallest absolute Gasteiger partial charge is 0.319 e. The van der Waals surface area contributed by atoms with Gasteiger partial charge in [0.05, 0.1) is 20.3 Å². The molecule has 0 unspecified atom stereocenters. The first-order valence-electron chi connectivity index (χ1n) is 13.4. The lowest BCUT2D eigenvalue weighted by Crippen LogP contribution is -2.36. The van der Waals surface area contributed by atoms with Gasteiger partial charge in [-0.15, -0.1) is 0 Å². The second kappa shape index (κ2) is 13.1. The molecule has 1 aliphatic rings. The third kappa shape index (κ3) is 7.25. The van der Waals surface area contributed by atoms with Crippen LogP contribution in [0.15, 0.2) is 85.5 Å². The van der Waals surface area contributed by atoms with Crippen molar-refractivity contribution in [3.63, 3.8) is 0 Å². The van der Waals surface area contributed by atoms with Crippen LogP contribution < -0.4 is 15.4 Å². The van der Waals surface area contributed by atoms with Gasteiger partial charge in [0.25, 0.3) is 0 Å². The van der Waals surface area contributed by atoms with Crippen LogP contribution in [0.3, 0.4) is 0 Å². The second-order valence-corrected chi connectivity index (χ2v) is 9.61.